The molecule has 1 atom stereocenters. The molecule has 18 heavy (non-hydrogen) atoms. The van der Waals surface area contributed by atoms with E-state index in [-0.39, 0.29) is 11.4 Å². The van der Waals surface area contributed by atoms with Crippen molar-refractivity contribution in [1.82, 2.24) is 10.6 Å². The minimum absolute atomic E-state index is 0.0605. The molecule has 0 aromatic rings. The second kappa shape index (κ2) is 8.08. The number of carbonyl (C=O) groups is 2. The van der Waals surface area contributed by atoms with Gasteiger partial charge >= 0.3 is 5.97 Å². The van der Waals surface area contributed by atoms with Gasteiger partial charge < -0.3 is 15.7 Å². The molecule has 106 valence electrons. The topological polar surface area (TPSA) is 78.4 Å². The summed E-state index contributed by atoms with van der Waals surface area (Å²) < 4.78 is 0. The van der Waals surface area contributed by atoms with Crippen LogP contribution >= 0.6 is 0 Å². The van der Waals surface area contributed by atoms with Crippen LogP contribution in [-0.2, 0) is 9.59 Å². The van der Waals surface area contributed by atoms with Gasteiger partial charge in [-0.15, -0.1) is 0 Å². The third kappa shape index (κ3) is 8.98. The molecule has 3 N–H and O–H groups in total. The molecule has 5 heteroatoms. The van der Waals surface area contributed by atoms with Gasteiger partial charge in [0, 0.05) is 18.5 Å². The van der Waals surface area contributed by atoms with Crippen molar-refractivity contribution < 1.29 is 14.7 Å². The number of carboxylic acids is 1. The zero-order valence-corrected chi connectivity index (χ0v) is 11.9. The fourth-order valence-electron chi connectivity index (χ4n) is 1.56. The predicted octanol–water partition coefficient (Wildman–Crippen LogP) is 1.52. The third-order valence-corrected chi connectivity index (χ3v) is 2.40. The highest BCUT2D eigenvalue weighted by molar-refractivity contribution is 5.77. The molecule has 0 bridgehead atoms. The van der Waals surface area contributed by atoms with Gasteiger partial charge in [0.1, 0.15) is 6.04 Å². The zero-order valence-electron chi connectivity index (χ0n) is 11.9. The zero-order chi connectivity index (χ0) is 14.2. The van der Waals surface area contributed by atoms with Crippen LogP contribution in [0, 0.1) is 0 Å². The number of aliphatic carboxylic acids is 1. The minimum atomic E-state index is -0.848. The Hall–Kier alpha value is -1.10. The summed E-state index contributed by atoms with van der Waals surface area (Å²) in [5.74, 6) is -0.908. The Balaban J connectivity index is 3.92. The highest BCUT2D eigenvalue weighted by atomic mass is 16.4. The van der Waals surface area contributed by atoms with Crippen LogP contribution in [0.2, 0.25) is 0 Å². The largest absolute Gasteiger partial charge is 0.480 e. The lowest BCUT2D eigenvalue weighted by Crippen LogP contribution is -2.43. The van der Waals surface area contributed by atoms with Crippen LogP contribution < -0.4 is 10.6 Å². The molecule has 0 aromatic carbocycles. The molecule has 0 rings (SSSR count). The molecule has 0 aliphatic heterocycles. The first kappa shape index (κ1) is 16.9. The lowest BCUT2D eigenvalue weighted by atomic mass is 10.1. The van der Waals surface area contributed by atoms with Gasteiger partial charge in [0.25, 0.3) is 0 Å². The Morgan fingerprint density at radius 1 is 1.28 bits per heavy atom. The van der Waals surface area contributed by atoms with E-state index in [1.807, 2.05) is 27.7 Å². The average molecular weight is 258 g/mol. The minimum Gasteiger partial charge on any atom is -0.480 e. The van der Waals surface area contributed by atoms with Gasteiger partial charge in [-0.3, -0.25) is 9.59 Å². The van der Waals surface area contributed by atoms with Gasteiger partial charge in [0.05, 0.1) is 0 Å². The average Bonchev–Trinajstić information content (AvgIpc) is 2.19. The van der Waals surface area contributed by atoms with Crippen molar-refractivity contribution in [2.24, 2.45) is 0 Å². The van der Waals surface area contributed by atoms with E-state index in [1.165, 1.54) is 0 Å². The first-order valence-corrected chi connectivity index (χ1v) is 6.53. The maximum atomic E-state index is 11.5. The van der Waals surface area contributed by atoms with Gasteiger partial charge in [0.15, 0.2) is 0 Å². The van der Waals surface area contributed by atoms with Crippen molar-refractivity contribution in [3.05, 3.63) is 0 Å². The quantitative estimate of drug-likeness (QED) is 0.617. The van der Waals surface area contributed by atoms with E-state index in [2.05, 4.69) is 10.6 Å². The molecule has 0 saturated carbocycles. The number of carbonyl (C=O) groups excluding carboxylic acids is 1. The molecule has 1 amide bonds. The molecule has 5 nitrogen and oxygen atoms in total. The molecule has 0 radical (unpaired) electrons. The number of nitrogens with one attached hydrogen (secondary N) is 2. The molecule has 0 aliphatic carbocycles. The van der Waals surface area contributed by atoms with Crippen LogP contribution in [0.3, 0.4) is 0 Å². The van der Waals surface area contributed by atoms with E-state index in [0.29, 0.717) is 19.4 Å². The second-order valence-corrected chi connectivity index (χ2v) is 5.54. The maximum absolute atomic E-state index is 11.5. The van der Waals surface area contributed by atoms with Crippen molar-refractivity contribution >= 4 is 11.9 Å². The maximum Gasteiger partial charge on any atom is 0.320 e. The van der Waals surface area contributed by atoms with Crippen LogP contribution in [0.4, 0.5) is 0 Å². The third-order valence-electron chi connectivity index (χ3n) is 2.40. The summed E-state index contributed by atoms with van der Waals surface area (Å²) in [4.78, 5) is 22.5. The molecule has 0 heterocycles. The lowest BCUT2D eigenvalue weighted by molar-refractivity contribution is -0.139. The van der Waals surface area contributed by atoms with Crippen molar-refractivity contribution in [1.29, 1.82) is 0 Å². The summed E-state index contributed by atoms with van der Waals surface area (Å²) in [6, 6.07) is -0.549. The van der Waals surface area contributed by atoms with E-state index in [4.69, 9.17) is 5.11 Å². The molecule has 0 spiro atoms. The Morgan fingerprint density at radius 3 is 2.33 bits per heavy atom. The van der Waals surface area contributed by atoms with E-state index in [1.54, 1.807) is 0 Å². The normalized spacial score (nSPS) is 13.1. The molecular weight excluding hydrogens is 232 g/mol. The first-order chi connectivity index (χ1) is 8.26. The molecule has 0 fully saturated rings. The van der Waals surface area contributed by atoms with Gasteiger partial charge in [-0.25, -0.2) is 0 Å². The van der Waals surface area contributed by atoms with Gasteiger partial charge in [0.2, 0.25) is 5.91 Å². The fourth-order valence-corrected chi connectivity index (χ4v) is 1.56. The van der Waals surface area contributed by atoms with E-state index < -0.39 is 12.0 Å². The van der Waals surface area contributed by atoms with Gasteiger partial charge in [-0.05, 0) is 27.2 Å². The van der Waals surface area contributed by atoms with Crippen molar-refractivity contribution in [3.63, 3.8) is 0 Å². The Kier molecular flexibility index (Phi) is 7.59. The summed E-state index contributed by atoms with van der Waals surface area (Å²) in [5.41, 5.74) is -0.245. The van der Waals surface area contributed by atoms with Crippen LogP contribution in [-0.4, -0.2) is 35.1 Å². The Labute approximate surface area is 109 Å². The van der Waals surface area contributed by atoms with E-state index in [0.717, 1.165) is 12.8 Å². The summed E-state index contributed by atoms with van der Waals surface area (Å²) >= 11 is 0. The van der Waals surface area contributed by atoms with Crippen molar-refractivity contribution in [2.45, 2.75) is 65.0 Å². The van der Waals surface area contributed by atoms with Gasteiger partial charge in [-0.2, -0.15) is 0 Å². The number of hydrogen-bond donors (Lipinski definition) is 3. The lowest BCUT2D eigenvalue weighted by Gasteiger charge is -2.21. The van der Waals surface area contributed by atoms with Crippen LogP contribution in [0.15, 0.2) is 0 Å². The fraction of sp³-hybridized carbons (Fsp3) is 0.846. The Bertz CT molecular complexity index is 272. The number of amides is 1. The first-order valence-electron chi connectivity index (χ1n) is 6.53. The van der Waals surface area contributed by atoms with Crippen LogP contribution in [0.5, 0.6) is 0 Å². The summed E-state index contributed by atoms with van der Waals surface area (Å²) in [6.07, 6.45) is 2.74. The van der Waals surface area contributed by atoms with Crippen LogP contribution in [0.25, 0.3) is 0 Å². The number of rotatable bonds is 8. The van der Waals surface area contributed by atoms with E-state index in [9.17, 15) is 9.59 Å². The standard InChI is InChI=1S/C13H26N2O3/c1-5-6-7-10(12(17)18)14-9-8-11(16)15-13(2,3)4/h10,14H,5-9H2,1-4H3,(H,15,16)(H,17,18). The van der Waals surface area contributed by atoms with E-state index >= 15 is 0 Å². The monoisotopic (exact) mass is 258 g/mol. The summed E-state index contributed by atoms with van der Waals surface area (Å²) in [7, 11) is 0. The molecular formula is C13H26N2O3. The highest BCUT2D eigenvalue weighted by Gasteiger charge is 2.17. The molecule has 1 unspecified atom stereocenters. The SMILES string of the molecule is CCCCC(NCCC(=O)NC(C)(C)C)C(=O)O. The highest BCUT2D eigenvalue weighted by Crippen LogP contribution is 2.02. The number of hydrogen-bond acceptors (Lipinski definition) is 3. The van der Waals surface area contributed by atoms with Crippen molar-refractivity contribution in [3.8, 4) is 0 Å². The second-order valence-electron chi connectivity index (χ2n) is 5.54. The summed E-state index contributed by atoms with van der Waals surface area (Å²) in [5, 5.41) is 14.7. The Morgan fingerprint density at radius 2 is 1.89 bits per heavy atom. The smallest absolute Gasteiger partial charge is 0.320 e. The van der Waals surface area contributed by atoms with Crippen LogP contribution in [0.1, 0.15) is 53.4 Å². The summed E-state index contributed by atoms with van der Waals surface area (Å²) in [6.45, 7) is 8.16. The van der Waals surface area contributed by atoms with Crippen molar-refractivity contribution in [2.75, 3.05) is 6.54 Å². The molecule has 0 aliphatic rings. The van der Waals surface area contributed by atoms with Gasteiger partial charge in [-0.1, -0.05) is 19.8 Å². The molecule has 0 saturated heterocycles. The predicted molar refractivity (Wildman–Crippen MR) is 71.5 cm³/mol. The number of unbranched alkanes of at least 4 members (excludes halogenated alkanes) is 1. The molecule has 0 aromatic heterocycles. The number of carboxylic acid groups (broad SMARTS) is 1.